The summed E-state index contributed by atoms with van der Waals surface area (Å²) in [6.07, 6.45) is 5.47. The molecular weight excluding hydrogens is 568 g/mol. The number of Topliss-reactive ketones (excluding diaryl/α,β-unsaturated/α-hetero) is 1. The molecule has 44 heavy (non-hydrogen) atoms. The van der Waals surface area contributed by atoms with Crippen LogP contribution in [0.15, 0.2) is 0 Å². The number of urea groups is 1. The molecule has 4 atom stereocenters. The Bertz CT molecular complexity index is 1090. The first-order valence-corrected chi connectivity index (χ1v) is 15.9. The number of nitrogens with one attached hydrogen (secondary N) is 3. The van der Waals surface area contributed by atoms with Gasteiger partial charge in [-0.1, -0.05) is 67.2 Å². The number of hydrogen-bond donors (Lipinski definition) is 4. The topological polar surface area (TPSA) is 180 Å². The third-order valence-corrected chi connectivity index (χ3v) is 8.71. The third-order valence-electron chi connectivity index (χ3n) is 8.71. The minimum absolute atomic E-state index is 0.254. The summed E-state index contributed by atoms with van der Waals surface area (Å²) in [6, 6.07) is -3.86. The van der Waals surface area contributed by atoms with Crippen LogP contribution < -0.4 is 21.7 Å². The van der Waals surface area contributed by atoms with Gasteiger partial charge in [0, 0.05) is 19.6 Å². The molecule has 13 heteroatoms. The van der Waals surface area contributed by atoms with Crippen molar-refractivity contribution in [3.05, 3.63) is 0 Å². The molecule has 2 saturated heterocycles. The summed E-state index contributed by atoms with van der Waals surface area (Å²) in [6.45, 7) is 12.8. The highest BCUT2D eigenvalue weighted by Crippen LogP contribution is 2.34. The fourth-order valence-electron chi connectivity index (χ4n) is 5.69. The van der Waals surface area contributed by atoms with Gasteiger partial charge in [-0.15, -0.1) is 0 Å². The van der Waals surface area contributed by atoms with Crippen molar-refractivity contribution in [2.75, 3.05) is 26.2 Å². The van der Waals surface area contributed by atoms with Gasteiger partial charge in [-0.3, -0.25) is 19.2 Å². The Morgan fingerprint density at radius 3 is 2.18 bits per heavy atom. The van der Waals surface area contributed by atoms with E-state index in [0.717, 1.165) is 19.3 Å². The maximum atomic E-state index is 14.0. The minimum atomic E-state index is -1.10. The van der Waals surface area contributed by atoms with Crippen LogP contribution in [0.2, 0.25) is 0 Å². The molecule has 1 unspecified atom stereocenters. The Kier molecular flexibility index (Phi) is 11.6. The van der Waals surface area contributed by atoms with Crippen LogP contribution in [0.3, 0.4) is 0 Å². The average molecular weight is 621 g/mol. The lowest BCUT2D eigenvalue weighted by Gasteiger charge is -2.38. The molecule has 0 aromatic carbocycles. The van der Waals surface area contributed by atoms with Gasteiger partial charge >= 0.3 is 12.1 Å². The lowest BCUT2D eigenvalue weighted by Crippen LogP contribution is -2.62. The average Bonchev–Trinajstić information content (AvgIpc) is 3.61. The lowest BCUT2D eigenvalue weighted by molar-refractivity contribution is -0.143. The fraction of sp³-hybridized carbons (Fsp3) is 0.806. The van der Waals surface area contributed by atoms with Crippen LogP contribution in [-0.4, -0.2) is 95.8 Å². The Labute approximate surface area is 260 Å². The number of nitrogens with two attached hydrogens (primary N) is 1. The van der Waals surface area contributed by atoms with Crippen molar-refractivity contribution in [3.8, 4) is 0 Å². The first-order valence-electron chi connectivity index (χ1n) is 15.9. The van der Waals surface area contributed by atoms with E-state index in [1.165, 1.54) is 4.90 Å². The number of carbonyl (C=O) groups is 6. The van der Waals surface area contributed by atoms with Gasteiger partial charge in [0.15, 0.2) is 0 Å². The van der Waals surface area contributed by atoms with E-state index >= 15 is 0 Å². The van der Waals surface area contributed by atoms with Gasteiger partial charge in [-0.25, -0.2) is 9.59 Å². The highest BCUT2D eigenvalue weighted by molar-refractivity contribution is 6.37. The summed E-state index contributed by atoms with van der Waals surface area (Å²) in [5, 5.41) is 8.49. The molecule has 6 amide bonds. The number of hydrogen-bond acceptors (Lipinski definition) is 7. The van der Waals surface area contributed by atoms with Crippen molar-refractivity contribution in [1.29, 1.82) is 0 Å². The number of rotatable bonds is 13. The van der Waals surface area contributed by atoms with E-state index in [1.807, 2.05) is 41.5 Å². The molecular formula is C31H52N6O7. The molecule has 0 radical (unpaired) electrons. The summed E-state index contributed by atoms with van der Waals surface area (Å²) < 4.78 is 5.15. The number of cyclic esters (lactones) is 1. The van der Waals surface area contributed by atoms with E-state index in [-0.39, 0.29) is 6.54 Å². The quantitative estimate of drug-likeness (QED) is 0.227. The van der Waals surface area contributed by atoms with Crippen LogP contribution in [0.1, 0.15) is 92.9 Å². The smallest absolute Gasteiger partial charge is 0.409 e. The number of ketones is 1. The highest BCUT2D eigenvalue weighted by Gasteiger charge is 2.43. The molecule has 0 spiro atoms. The minimum Gasteiger partial charge on any atom is -0.449 e. The number of carbonyl (C=O) groups excluding carboxylic acids is 6. The predicted octanol–water partition coefficient (Wildman–Crippen LogP) is 2.07. The summed E-state index contributed by atoms with van der Waals surface area (Å²) in [7, 11) is 0. The number of amides is 6. The van der Waals surface area contributed by atoms with Crippen LogP contribution in [0.4, 0.5) is 9.59 Å². The Morgan fingerprint density at radius 1 is 0.932 bits per heavy atom. The summed E-state index contributed by atoms with van der Waals surface area (Å²) >= 11 is 0. The van der Waals surface area contributed by atoms with Crippen molar-refractivity contribution in [2.24, 2.45) is 22.5 Å². The number of primary amides is 1. The standard InChI is InChI=1S/C31H52N6O7/c1-30(2,3)22(18-36-15-9-17-44-29(36)43)34-28(42)35-24(31(4,5)6)27(41)37-16-8-12-21(37)26(40)33-20(23(38)25(32)39)11-7-10-19-13-14-19/h19-22,24H,7-18H2,1-6H3,(H2,32,39)(H,33,40)(H2,34,35,42)/t20?,21-,22+,24+/m0/s1. The molecule has 0 aromatic rings. The lowest BCUT2D eigenvalue weighted by atomic mass is 9.85. The second-order valence-corrected chi connectivity index (χ2v) is 14.6. The molecule has 13 nitrogen and oxygen atoms in total. The zero-order valence-electron chi connectivity index (χ0n) is 27.2. The van der Waals surface area contributed by atoms with Gasteiger partial charge in [0.1, 0.15) is 12.1 Å². The van der Waals surface area contributed by atoms with Crippen molar-refractivity contribution in [1.82, 2.24) is 25.8 Å². The fourth-order valence-corrected chi connectivity index (χ4v) is 5.69. The van der Waals surface area contributed by atoms with E-state index in [0.29, 0.717) is 57.7 Å². The summed E-state index contributed by atoms with van der Waals surface area (Å²) in [5.74, 6) is -2.24. The number of ether oxygens (including phenoxy) is 1. The first kappa shape index (κ1) is 35.1. The molecule has 0 aromatic heterocycles. The normalized spacial score (nSPS) is 21.1. The van der Waals surface area contributed by atoms with Gasteiger partial charge in [0.05, 0.1) is 18.7 Å². The molecule has 3 aliphatic rings. The Hall–Kier alpha value is -3.38. The SMILES string of the molecule is CC(C)(C)[C@H](NC(=O)N[C@H](CN1CCCOC1=O)C(C)(C)C)C(=O)N1CCC[C@H]1C(=O)NC(CCCC1CC1)C(=O)C(N)=O. The van der Waals surface area contributed by atoms with Crippen LogP contribution in [0, 0.1) is 16.7 Å². The van der Waals surface area contributed by atoms with E-state index in [9.17, 15) is 28.8 Å². The van der Waals surface area contributed by atoms with Gasteiger partial charge in [-0.05, 0) is 42.4 Å². The zero-order valence-corrected chi connectivity index (χ0v) is 27.2. The largest absolute Gasteiger partial charge is 0.449 e. The van der Waals surface area contributed by atoms with Crippen molar-refractivity contribution in [3.63, 3.8) is 0 Å². The Balaban J connectivity index is 1.69. The van der Waals surface area contributed by atoms with Crippen molar-refractivity contribution >= 4 is 35.6 Å². The van der Waals surface area contributed by atoms with Crippen LogP contribution in [0.25, 0.3) is 0 Å². The summed E-state index contributed by atoms with van der Waals surface area (Å²) in [5.41, 5.74) is 4.14. The molecule has 248 valence electrons. The van der Waals surface area contributed by atoms with Gasteiger partial charge in [0.25, 0.3) is 5.91 Å². The van der Waals surface area contributed by atoms with Gasteiger partial charge in [-0.2, -0.15) is 0 Å². The Morgan fingerprint density at radius 2 is 1.61 bits per heavy atom. The van der Waals surface area contributed by atoms with E-state index < -0.39 is 70.6 Å². The number of likely N-dealkylation sites (tertiary alicyclic amines) is 1. The van der Waals surface area contributed by atoms with Crippen LogP contribution >= 0.6 is 0 Å². The molecule has 5 N–H and O–H groups in total. The molecule has 3 fully saturated rings. The first-order chi connectivity index (χ1) is 20.5. The van der Waals surface area contributed by atoms with Crippen LogP contribution in [0.5, 0.6) is 0 Å². The second kappa shape index (κ2) is 14.6. The van der Waals surface area contributed by atoms with E-state index in [4.69, 9.17) is 10.5 Å². The van der Waals surface area contributed by atoms with Crippen molar-refractivity contribution < 1.29 is 33.5 Å². The second-order valence-electron chi connectivity index (χ2n) is 14.6. The molecule has 0 bridgehead atoms. The molecule has 2 aliphatic heterocycles. The highest BCUT2D eigenvalue weighted by atomic mass is 16.6. The van der Waals surface area contributed by atoms with Crippen LogP contribution in [-0.2, 0) is 23.9 Å². The maximum absolute atomic E-state index is 14.0. The molecule has 1 aliphatic carbocycles. The number of nitrogens with zero attached hydrogens (tertiary/aromatic N) is 2. The summed E-state index contributed by atoms with van der Waals surface area (Å²) in [4.78, 5) is 80.2. The molecule has 3 rings (SSSR count). The zero-order chi connectivity index (χ0) is 32.8. The third kappa shape index (κ3) is 9.82. The van der Waals surface area contributed by atoms with Crippen molar-refractivity contribution in [2.45, 2.75) is 117 Å². The van der Waals surface area contributed by atoms with Gasteiger partial charge in [0.2, 0.25) is 17.6 Å². The molecule has 2 heterocycles. The van der Waals surface area contributed by atoms with E-state index in [2.05, 4.69) is 16.0 Å². The molecule has 1 saturated carbocycles. The maximum Gasteiger partial charge on any atom is 0.409 e. The monoisotopic (exact) mass is 620 g/mol. The predicted molar refractivity (Wildman–Crippen MR) is 163 cm³/mol. The van der Waals surface area contributed by atoms with E-state index in [1.54, 1.807) is 4.90 Å². The van der Waals surface area contributed by atoms with Gasteiger partial charge < -0.3 is 36.2 Å².